The maximum atomic E-state index is 12.6. The van der Waals surface area contributed by atoms with E-state index in [0.29, 0.717) is 30.2 Å². The predicted octanol–water partition coefficient (Wildman–Crippen LogP) is 3.52. The fourth-order valence-electron chi connectivity index (χ4n) is 1.95. The van der Waals surface area contributed by atoms with Crippen molar-refractivity contribution in [3.05, 3.63) is 27.7 Å². The summed E-state index contributed by atoms with van der Waals surface area (Å²) in [6.45, 7) is 8.85. The highest BCUT2D eigenvalue weighted by Gasteiger charge is 2.26. The molecule has 0 saturated carbocycles. The number of rotatable bonds is 7. The molecule has 0 bridgehead atoms. The highest BCUT2D eigenvalue weighted by molar-refractivity contribution is 7.89. The van der Waals surface area contributed by atoms with E-state index in [0.717, 1.165) is 0 Å². The van der Waals surface area contributed by atoms with Gasteiger partial charge in [0, 0.05) is 30.7 Å². The fraction of sp³-hybridized carbons (Fsp3) is 0.571. The minimum absolute atomic E-state index is 0.0703. The summed E-state index contributed by atoms with van der Waals surface area (Å²) in [6.07, 6.45) is 0. The van der Waals surface area contributed by atoms with Crippen LogP contribution in [0.2, 0.25) is 10.0 Å². The average molecular weight is 353 g/mol. The Balaban J connectivity index is 3.31. The second-order valence-corrected chi connectivity index (χ2v) is 7.72. The van der Waals surface area contributed by atoms with E-state index in [-0.39, 0.29) is 16.0 Å². The number of nitrogens with zero attached hydrogens (tertiary/aromatic N) is 1. The molecule has 0 unspecified atom stereocenters. The normalized spacial score (nSPS) is 12.4. The molecular weight excluding hydrogens is 331 g/mol. The van der Waals surface area contributed by atoms with Crippen LogP contribution in [-0.4, -0.2) is 31.9 Å². The largest absolute Gasteiger partial charge is 0.310 e. The molecule has 0 aliphatic rings. The highest BCUT2D eigenvalue weighted by Crippen LogP contribution is 2.31. The van der Waals surface area contributed by atoms with E-state index < -0.39 is 10.0 Å². The summed E-state index contributed by atoms with van der Waals surface area (Å²) in [5, 5.41) is 3.82. The van der Waals surface area contributed by atoms with Crippen LogP contribution in [0, 0.1) is 0 Å². The zero-order chi connectivity index (χ0) is 16.2. The van der Waals surface area contributed by atoms with Crippen LogP contribution in [0.3, 0.4) is 0 Å². The Hall–Kier alpha value is -0.330. The van der Waals surface area contributed by atoms with E-state index in [9.17, 15) is 8.42 Å². The zero-order valence-electron chi connectivity index (χ0n) is 12.8. The van der Waals surface area contributed by atoms with Gasteiger partial charge in [0.05, 0.1) is 5.02 Å². The van der Waals surface area contributed by atoms with E-state index in [1.807, 2.05) is 13.8 Å². The van der Waals surface area contributed by atoms with Gasteiger partial charge in [-0.15, -0.1) is 0 Å². The maximum Gasteiger partial charge on any atom is 0.244 e. The van der Waals surface area contributed by atoms with Crippen LogP contribution >= 0.6 is 23.2 Å². The first-order chi connectivity index (χ1) is 9.73. The van der Waals surface area contributed by atoms with Crippen molar-refractivity contribution >= 4 is 33.2 Å². The van der Waals surface area contributed by atoms with Gasteiger partial charge in [-0.25, -0.2) is 8.42 Å². The van der Waals surface area contributed by atoms with Crippen LogP contribution in [0.15, 0.2) is 17.0 Å². The second-order valence-electron chi connectivity index (χ2n) is 5.00. The second kappa shape index (κ2) is 7.79. The van der Waals surface area contributed by atoms with Crippen molar-refractivity contribution < 1.29 is 8.42 Å². The molecular formula is C14H22Cl2N2O2S. The molecule has 0 heterocycles. The predicted molar refractivity (Wildman–Crippen MR) is 88.5 cm³/mol. The van der Waals surface area contributed by atoms with Crippen molar-refractivity contribution in [3.8, 4) is 0 Å². The molecule has 0 radical (unpaired) electrons. The number of halogens is 2. The lowest BCUT2D eigenvalue weighted by Crippen LogP contribution is -2.31. The molecule has 0 atom stereocenters. The van der Waals surface area contributed by atoms with Crippen LogP contribution in [0.25, 0.3) is 0 Å². The molecule has 0 aliphatic carbocycles. The van der Waals surface area contributed by atoms with Crippen LogP contribution in [-0.2, 0) is 16.6 Å². The Labute approximate surface area is 137 Å². The lowest BCUT2D eigenvalue weighted by atomic mass is 10.2. The zero-order valence-corrected chi connectivity index (χ0v) is 15.1. The van der Waals surface area contributed by atoms with Gasteiger partial charge < -0.3 is 5.32 Å². The van der Waals surface area contributed by atoms with E-state index in [4.69, 9.17) is 23.2 Å². The summed E-state index contributed by atoms with van der Waals surface area (Å²) >= 11 is 12.4. The number of hydrogen-bond acceptors (Lipinski definition) is 3. The molecule has 0 spiro atoms. The highest BCUT2D eigenvalue weighted by atomic mass is 35.5. The summed E-state index contributed by atoms with van der Waals surface area (Å²) in [7, 11) is -3.63. The smallest absolute Gasteiger partial charge is 0.244 e. The van der Waals surface area contributed by atoms with Crippen LogP contribution in [0.5, 0.6) is 0 Å². The standard InChI is InChI=1S/C14H22Cl2N2O2S/c1-5-18(6-2)21(19,20)13-8-12(15)7-11(14(13)16)9-17-10(3)4/h7-8,10,17H,5-6,9H2,1-4H3. The summed E-state index contributed by atoms with van der Waals surface area (Å²) in [5.41, 5.74) is 0.684. The minimum Gasteiger partial charge on any atom is -0.310 e. The van der Waals surface area contributed by atoms with Crippen molar-refractivity contribution in [2.24, 2.45) is 0 Å². The molecule has 1 rings (SSSR count). The quantitative estimate of drug-likeness (QED) is 0.816. The maximum absolute atomic E-state index is 12.6. The lowest BCUT2D eigenvalue weighted by Gasteiger charge is -2.20. The SMILES string of the molecule is CCN(CC)S(=O)(=O)c1cc(Cl)cc(CNC(C)C)c1Cl. The molecule has 1 aromatic carbocycles. The topological polar surface area (TPSA) is 49.4 Å². The molecule has 0 aromatic heterocycles. The van der Waals surface area contributed by atoms with E-state index >= 15 is 0 Å². The monoisotopic (exact) mass is 352 g/mol. The van der Waals surface area contributed by atoms with Gasteiger partial charge in [-0.2, -0.15) is 4.31 Å². The lowest BCUT2D eigenvalue weighted by molar-refractivity contribution is 0.445. The molecule has 7 heteroatoms. The molecule has 0 fully saturated rings. The molecule has 1 aromatic rings. The van der Waals surface area contributed by atoms with Gasteiger partial charge in [0.15, 0.2) is 0 Å². The minimum atomic E-state index is -3.63. The van der Waals surface area contributed by atoms with Gasteiger partial charge in [0.25, 0.3) is 0 Å². The van der Waals surface area contributed by atoms with Gasteiger partial charge in [0.2, 0.25) is 10.0 Å². The third-order valence-electron chi connectivity index (χ3n) is 3.10. The fourth-order valence-corrected chi connectivity index (χ4v) is 4.32. The Morgan fingerprint density at radius 1 is 1.19 bits per heavy atom. The number of benzene rings is 1. The molecule has 0 aliphatic heterocycles. The van der Waals surface area contributed by atoms with Crippen molar-refractivity contribution in [2.45, 2.75) is 45.2 Å². The Bertz CT molecular complexity index is 585. The summed E-state index contributed by atoms with van der Waals surface area (Å²) < 4.78 is 26.6. The van der Waals surface area contributed by atoms with Crippen LogP contribution in [0.1, 0.15) is 33.3 Å². The van der Waals surface area contributed by atoms with Crippen LogP contribution < -0.4 is 5.32 Å². The first kappa shape index (κ1) is 18.7. The summed E-state index contributed by atoms with van der Waals surface area (Å²) in [6, 6.07) is 3.37. The average Bonchev–Trinajstić information content (AvgIpc) is 2.40. The molecule has 0 saturated heterocycles. The third kappa shape index (κ3) is 4.57. The third-order valence-corrected chi connectivity index (χ3v) is 5.95. The first-order valence-electron chi connectivity index (χ1n) is 6.95. The van der Waals surface area contributed by atoms with Gasteiger partial charge in [0.1, 0.15) is 4.90 Å². The molecule has 4 nitrogen and oxygen atoms in total. The van der Waals surface area contributed by atoms with E-state index in [1.165, 1.54) is 10.4 Å². The summed E-state index contributed by atoms with van der Waals surface area (Å²) in [4.78, 5) is 0.0703. The molecule has 0 amide bonds. The Kier molecular flexibility index (Phi) is 6.94. The first-order valence-corrected chi connectivity index (χ1v) is 9.15. The van der Waals surface area contributed by atoms with Crippen molar-refractivity contribution in [1.29, 1.82) is 0 Å². The van der Waals surface area contributed by atoms with Gasteiger partial charge in [-0.3, -0.25) is 0 Å². The summed E-state index contributed by atoms with van der Waals surface area (Å²) in [5.74, 6) is 0. The van der Waals surface area contributed by atoms with E-state index in [2.05, 4.69) is 5.32 Å². The van der Waals surface area contributed by atoms with E-state index in [1.54, 1.807) is 19.9 Å². The number of hydrogen-bond donors (Lipinski definition) is 1. The van der Waals surface area contributed by atoms with Crippen LogP contribution in [0.4, 0.5) is 0 Å². The Morgan fingerprint density at radius 3 is 2.24 bits per heavy atom. The van der Waals surface area contributed by atoms with Gasteiger partial charge >= 0.3 is 0 Å². The van der Waals surface area contributed by atoms with Crippen molar-refractivity contribution in [3.63, 3.8) is 0 Å². The number of nitrogens with one attached hydrogen (secondary N) is 1. The molecule has 1 N–H and O–H groups in total. The van der Waals surface area contributed by atoms with Crippen molar-refractivity contribution in [2.75, 3.05) is 13.1 Å². The van der Waals surface area contributed by atoms with Crippen molar-refractivity contribution in [1.82, 2.24) is 9.62 Å². The van der Waals surface area contributed by atoms with Gasteiger partial charge in [-0.05, 0) is 17.7 Å². The molecule has 120 valence electrons. The van der Waals surface area contributed by atoms with Gasteiger partial charge in [-0.1, -0.05) is 50.9 Å². The molecule has 21 heavy (non-hydrogen) atoms. The Morgan fingerprint density at radius 2 is 1.76 bits per heavy atom. The number of sulfonamides is 1.